The van der Waals surface area contributed by atoms with E-state index < -0.39 is 10.0 Å². The summed E-state index contributed by atoms with van der Waals surface area (Å²) in [6, 6.07) is 6.82. The van der Waals surface area contributed by atoms with E-state index in [2.05, 4.69) is 0 Å². The lowest BCUT2D eigenvalue weighted by Crippen LogP contribution is -2.32. The Balaban J connectivity index is 2.10. The van der Waals surface area contributed by atoms with E-state index >= 15 is 0 Å². The number of anilines is 1. The molecule has 19 heavy (non-hydrogen) atoms. The van der Waals surface area contributed by atoms with Crippen LogP contribution in [0, 0.1) is 0 Å². The average molecular weight is 284 g/mol. The molecule has 2 rings (SSSR count). The van der Waals surface area contributed by atoms with E-state index in [4.69, 9.17) is 5.21 Å². The van der Waals surface area contributed by atoms with Gasteiger partial charge in [0.1, 0.15) is 0 Å². The van der Waals surface area contributed by atoms with Crippen LogP contribution in [0.1, 0.15) is 31.2 Å². The zero-order valence-electron chi connectivity index (χ0n) is 10.9. The molecule has 0 aromatic heterocycles. The van der Waals surface area contributed by atoms with Crippen LogP contribution in [0.5, 0.6) is 0 Å². The number of hydrogen-bond donors (Lipinski definition) is 2. The van der Waals surface area contributed by atoms with Crippen LogP contribution in [0.4, 0.5) is 5.69 Å². The van der Waals surface area contributed by atoms with E-state index in [1.54, 1.807) is 28.6 Å². The molecular formula is C13H20N2O3S. The van der Waals surface area contributed by atoms with Crippen molar-refractivity contribution in [1.29, 1.82) is 0 Å². The second kappa shape index (κ2) is 6.36. The molecule has 106 valence electrons. The van der Waals surface area contributed by atoms with Gasteiger partial charge < -0.3 is 0 Å². The van der Waals surface area contributed by atoms with Crippen LogP contribution in [0.15, 0.2) is 24.3 Å². The summed E-state index contributed by atoms with van der Waals surface area (Å²) < 4.78 is 26.3. The molecule has 0 unspecified atom stereocenters. The topological polar surface area (TPSA) is 69.6 Å². The highest BCUT2D eigenvalue weighted by atomic mass is 32.2. The lowest BCUT2D eigenvalue weighted by atomic mass is 10.2. The van der Waals surface area contributed by atoms with E-state index in [0.29, 0.717) is 24.3 Å². The Labute approximate surface area is 114 Å². The van der Waals surface area contributed by atoms with Crippen LogP contribution in [-0.2, 0) is 15.8 Å². The first-order valence-electron chi connectivity index (χ1n) is 6.59. The minimum atomic E-state index is -3.26. The first kappa shape index (κ1) is 14.3. The van der Waals surface area contributed by atoms with Crippen LogP contribution in [-0.4, -0.2) is 31.0 Å². The average Bonchev–Trinajstić information content (AvgIpc) is 2.68. The minimum absolute atomic E-state index is 0.0114. The van der Waals surface area contributed by atoms with Crippen molar-refractivity contribution >= 4 is 15.7 Å². The fraction of sp³-hybridized carbons (Fsp3) is 0.538. The molecule has 0 amide bonds. The Bertz CT molecular complexity index is 508. The van der Waals surface area contributed by atoms with Crippen LogP contribution in [0.3, 0.4) is 0 Å². The van der Waals surface area contributed by atoms with Gasteiger partial charge in [0.2, 0.25) is 10.0 Å². The molecule has 1 saturated heterocycles. The lowest BCUT2D eigenvalue weighted by Gasteiger charge is -2.20. The van der Waals surface area contributed by atoms with Crippen molar-refractivity contribution in [3.8, 4) is 0 Å². The van der Waals surface area contributed by atoms with Crippen LogP contribution >= 0.6 is 0 Å². The molecule has 1 aliphatic rings. The zero-order valence-corrected chi connectivity index (χ0v) is 11.7. The normalized spacial score (nSPS) is 17.9. The van der Waals surface area contributed by atoms with Crippen molar-refractivity contribution in [3.63, 3.8) is 0 Å². The van der Waals surface area contributed by atoms with Gasteiger partial charge in [-0.25, -0.2) is 12.7 Å². The van der Waals surface area contributed by atoms with Gasteiger partial charge in [-0.05, 0) is 30.5 Å². The van der Waals surface area contributed by atoms with Crippen LogP contribution < -0.4 is 5.48 Å². The van der Waals surface area contributed by atoms with E-state index in [9.17, 15) is 8.42 Å². The summed E-state index contributed by atoms with van der Waals surface area (Å²) in [5, 5.41) is 8.84. The third kappa shape index (κ3) is 3.92. The number of benzene rings is 1. The van der Waals surface area contributed by atoms with Gasteiger partial charge >= 0.3 is 0 Å². The van der Waals surface area contributed by atoms with E-state index in [-0.39, 0.29) is 5.75 Å². The summed E-state index contributed by atoms with van der Waals surface area (Å²) >= 11 is 0. The van der Waals surface area contributed by atoms with Gasteiger partial charge in [0.15, 0.2) is 0 Å². The molecule has 1 heterocycles. The molecule has 2 N–H and O–H groups in total. The summed E-state index contributed by atoms with van der Waals surface area (Å²) in [6.07, 6.45) is 4.10. The summed E-state index contributed by atoms with van der Waals surface area (Å²) in [5.41, 5.74) is 3.22. The molecular weight excluding hydrogens is 264 g/mol. The van der Waals surface area contributed by atoms with Gasteiger partial charge in [-0.1, -0.05) is 25.0 Å². The van der Waals surface area contributed by atoms with Gasteiger partial charge in [-0.15, -0.1) is 0 Å². The molecule has 0 spiro atoms. The van der Waals surface area contributed by atoms with Crippen LogP contribution in [0.2, 0.25) is 0 Å². The Morgan fingerprint density at radius 1 is 1.16 bits per heavy atom. The summed E-state index contributed by atoms with van der Waals surface area (Å²) in [4.78, 5) is 0. The third-order valence-corrected chi connectivity index (χ3v) is 5.21. The predicted molar refractivity (Wildman–Crippen MR) is 74.5 cm³/mol. The minimum Gasteiger partial charge on any atom is -0.291 e. The van der Waals surface area contributed by atoms with E-state index in [1.165, 1.54) is 0 Å². The summed E-state index contributed by atoms with van der Waals surface area (Å²) in [7, 11) is -3.26. The van der Waals surface area contributed by atoms with E-state index in [1.807, 2.05) is 5.48 Å². The second-order valence-corrected chi connectivity index (χ2v) is 6.85. The highest BCUT2D eigenvalue weighted by Crippen LogP contribution is 2.18. The monoisotopic (exact) mass is 284 g/mol. The predicted octanol–water partition coefficient (Wildman–Crippen LogP) is 2.19. The maximum absolute atomic E-state index is 12.4. The van der Waals surface area contributed by atoms with Gasteiger partial charge in [-0.2, -0.15) is 0 Å². The zero-order chi connectivity index (χ0) is 13.7. The third-order valence-electron chi connectivity index (χ3n) is 3.36. The molecule has 1 fully saturated rings. The molecule has 0 radical (unpaired) electrons. The fourth-order valence-electron chi connectivity index (χ4n) is 2.35. The maximum atomic E-state index is 12.4. The molecule has 1 aromatic carbocycles. The first-order chi connectivity index (χ1) is 9.12. The number of nitrogens with one attached hydrogen (secondary N) is 1. The SMILES string of the molecule is O=S(=O)(Cc1cccc(NO)c1)N1CCCCCC1. The molecule has 6 heteroatoms. The standard InChI is InChI=1S/C13H20N2O3S/c16-14-13-7-5-6-12(10-13)11-19(17,18)15-8-3-1-2-4-9-15/h5-7,10,14,16H,1-4,8-9,11H2. The number of hydrogen-bond acceptors (Lipinski definition) is 4. The highest BCUT2D eigenvalue weighted by Gasteiger charge is 2.23. The Kier molecular flexibility index (Phi) is 4.79. The summed E-state index contributed by atoms with van der Waals surface area (Å²) in [6.45, 7) is 1.25. The summed E-state index contributed by atoms with van der Waals surface area (Å²) in [5.74, 6) is -0.0114. The molecule has 0 bridgehead atoms. The molecule has 0 aliphatic carbocycles. The van der Waals surface area contributed by atoms with Gasteiger partial charge in [0.05, 0.1) is 11.4 Å². The first-order valence-corrected chi connectivity index (χ1v) is 8.19. The lowest BCUT2D eigenvalue weighted by molar-refractivity contribution is 0.389. The smallest absolute Gasteiger partial charge is 0.218 e. The Hall–Kier alpha value is -1.11. The van der Waals surface area contributed by atoms with Crippen molar-refractivity contribution in [2.75, 3.05) is 18.6 Å². The van der Waals surface area contributed by atoms with Crippen molar-refractivity contribution < 1.29 is 13.6 Å². The largest absolute Gasteiger partial charge is 0.291 e. The quantitative estimate of drug-likeness (QED) is 0.832. The van der Waals surface area contributed by atoms with Gasteiger partial charge in [-0.3, -0.25) is 10.7 Å². The molecule has 1 aromatic rings. The van der Waals surface area contributed by atoms with Crippen molar-refractivity contribution in [1.82, 2.24) is 4.31 Å². The molecule has 5 nitrogen and oxygen atoms in total. The van der Waals surface area contributed by atoms with Crippen molar-refractivity contribution in [2.24, 2.45) is 0 Å². The van der Waals surface area contributed by atoms with E-state index in [0.717, 1.165) is 25.7 Å². The number of rotatable bonds is 4. The molecule has 0 atom stereocenters. The number of nitrogens with zero attached hydrogens (tertiary/aromatic N) is 1. The van der Waals surface area contributed by atoms with Gasteiger partial charge in [0.25, 0.3) is 0 Å². The second-order valence-electron chi connectivity index (χ2n) is 4.88. The van der Waals surface area contributed by atoms with Crippen molar-refractivity contribution in [3.05, 3.63) is 29.8 Å². The Morgan fingerprint density at radius 3 is 2.47 bits per heavy atom. The maximum Gasteiger partial charge on any atom is 0.218 e. The molecule has 1 aliphatic heterocycles. The fourth-order valence-corrected chi connectivity index (χ4v) is 3.95. The van der Waals surface area contributed by atoms with Gasteiger partial charge in [0, 0.05) is 13.1 Å². The molecule has 0 saturated carbocycles. The Morgan fingerprint density at radius 2 is 1.84 bits per heavy atom. The van der Waals surface area contributed by atoms with Crippen LogP contribution in [0.25, 0.3) is 0 Å². The highest BCUT2D eigenvalue weighted by molar-refractivity contribution is 7.88. The number of sulfonamides is 1. The van der Waals surface area contributed by atoms with Crippen molar-refractivity contribution in [2.45, 2.75) is 31.4 Å².